The largest absolute Gasteiger partial charge is 0.472 e. The number of esters is 1. The molecule has 0 aliphatic heterocycles. The number of carbonyl (C=O) groups is 1. The van der Waals surface area contributed by atoms with E-state index in [2.05, 4.69) is 86.8 Å². The number of carbonyl (C=O) groups excluding carboxylic acids is 1. The minimum absolute atomic E-state index is 0.0931. The number of rotatable bonds is 50. The molecule has 372 valence electrons. The number of hydrogen-bond acceptors (Lipinski definition) is 7. The van der Waals surface area contributed by atoms with E-state index in [1.165, 1.54) is 128 Å². The van der Waals surface area contributed by atoms with Crippen LogP contribution in [0.4, 0.5) is 0 Å². The van der Waals surface area contributed by atoms with Crippen LogP contribution < -0.4 is 5.73 Å². The van der Waals surface area contributed by atoms with Crippen LogP contribution in [0.1, 0.15) is 232 Å². The molecule has 0 bridgehead atoms. The molecule has 64 heavy (non-hydrogen) atoms. The molecule has 0 amide bonds. The average molecular weight is 918 g/mol. The van der Waals surface area contributed by atoms with Gasteiger partial charge in [0.1, 0.15) is 6.10 Å². The van der Waals surface area contributed by atoms with Gasteiger partial charge in [-0.1, -0.05) is 215 Å². The summed E-state index contributed by atoms with van der Waals surface area (Å²) in [5, 5.41) is 0. The number of unbranched alkanes of at least 4 members (excludes halogenated alkanes) is 25. The van der Waals surface area contributed by atoms with Crippen molar-refractivity contribution in [1.29, 1.82) is 0 Å². The average Bonchev–Trinajstić information content (AvgIpc) is 3.29. The monoisotopic (exact) mass is 918 g/mol. The zero-order chi connectivity index (χ0) is 46.5. The van der Waals surface area contributed by atoms with Crippen molar-refractivity contribution in [1.82, 2.24) is 0 Å². The van der Waals surface area contributed by atoms with Gasteiger partial charge in [-0.3, -0.25) is 13.8 Å². The van der Waals surface area contributed by atoms with Crippen LogP contribution in [-0.4, -0.2) is 49.9 Å². The summed E-state index contributed by atoms with van der Waals surface area (Å²) in [7, 11) is -4.29. The number of hydrogen-bond donors (Lipinski definition) is 2. The number of allylic oxidation sites excluding steroid dienone is 12. The number of nitrogens with two attached hydrogens (primary N) is 1. The minimum atomic E-state index is -4.29. The van der Waals surface area contributed by atoms with Crippen LogP contribution >= 0.6 is 7.82 Å². The molecule has 0 rings (SSSR count). The van der Waals surface area contributed by atoms with Crippen LogP contribution in [0.15, 0.2) is 72.9 Å². The summed E-state index contributed by atoms with van der Waals surface area (Å²) in [6.07, 6.45) is 66.6. The fourth-order valence-electron chi connectivity index (χ4n) is 7.25. The van der Waals surface area contributed by atoms with Gasteiger partial charge in [0.05, 0.1) is 19.8 Å². The van der Waals surface area contributed by atoms with Gasteiger partial charge in [0.2, 0.25) is 0 Å². The maximum atomic E-state index is 12.7. The van der Waals surface area contributed by atoms with Crippen molar-refractivity contribution in [2.75, 3.05) is 33.0 Å². The number of ether oxygens (including phenoxy) is 2. The summed E-state index contributed by atoms with van der Waals surface area (Å²) in [5.74, 6) is -0.339. The quantitative estimate of drug-likeness (QED) is 0.0268. The van der Waals surface area contributed by atoms with E-state index in [1.807, 2.05) is 0 Å². The fraction of sp³-hybridized carbons (Fsp3) is 0.764. The highest BCUT2D eigenvalue weighted by molar-refractivity contribution is 7.47. The predicted octanol–water partition coefficient (Wildman–Crippen LogP) is 16.6. The first kappa shape index (κ1) is 61.9. The molecule has 0 saturated carbocycles. The van der Waals surface area contributed by atoms with Crippen LogP contribution in [0.25, 0.3) is 0 Å². The standard InChI is InChI=1S/C55H100NO7P/c1-3-5-7-9-11-13-15-17-19-21-23-25-26-27-28-29-30-32-34-36-38-40-42-44-46-48-55(57)63-54(53-62-64(58,59)61-51-49-56)52-60-50-47-45-43-41-39-37-35-33-31-24-22-20-18-16-14-12-10-8-6-4-2/h6,8,12,14,18,20-21,23-24,31,35,37,54H,3-5,7,9-11,13,15-17,19,22,25-30,32-34,36,38-53,56H2,1-2H3,(H,58,59)/b8-6-,14-12-,20-18-,23-21-,31-24-,37-35-. The van der Waals surface area contributed by atoms with Crippen molar-refractivity contribution < 1.29 is 32.8 Å². The van der Waals surface area contributed by atoms with E-state index in [4.69, 9.17) is 24.3 Å². The molecule has 0 aromatic rings. The van der Waals surface area contributed by atoms with Gasteiger partial charge in [-0.2, -0.15) is 0 Å². The van der Waals surface area contributed by atoms with Crippen LogP contribution in [-0.2, 0) is 27.9 Å². The Morgan fingerprint density at radius 1 is 0.484 bits per heavy atom. The first-order valence-electron chi connectivity index (χ1n) is 26.4. The summed E-state index contributed by atoms with van der Waals surface area (Å²) < 4.78 is 33.6. The summed E-state index contributed by atoms with van der Waals surface area (Å²) in [4.78, 5) is 22.6. The molecule has 3 N–H and O–H groups in total. The van der Waals surface area contributed by atoms with Crippen molar-refractivity contribution in [3.05, 3.63) is 72.9 Å². The Kier molecular flexibility index (Phi) is 50.2. The van der Waals surface area contributed by atoms with E-state index in [1.54, 1.807) is 0 Å². The molecule has 0 heterocycles. The predicted molar refractivity (Wildman–Crippen MR) is 275 cm³/mol. The lowest BCUT2D eigenvalue weighted by atomic mass is 10.0. The SMILES string of the molecule is CC/C=C\C/C=C\C/C=C\C/C=C\C/C=C\CCCCCCOCC(COP(=O)(O)OCCN)OC(=O)CCCCCCCCCCCCCCC/C=C\CCCCCCCCCC. The molecule has 0 aliphatic carbocycles. The Morgan fingerprint density at radius 3 is 1.33 bits per heavy atom. The Bertz CT molecular complexity index is 1210. The lowest BCUT2D eigenvalue weighted by Crippen LogP contribution is -2.28. The molecule has 8 nitrogen and oxygen atoms in total. The minimum Gasteiger partial charge on any atom is -0.457 e. The lowest BCUT2D eigenvalue weighted by molar-refractivity contribution is -0.154. The Labute approximate surface area is 395 Å². The van der Waals surface area contributed by atoms with Crippen LogP contribution in [0.5, 0.6) is 0 Å². The molecule has 2 unspecified atom stereocenters. The Morgan fingerprint density at radius 2 is 0.875 bits per heavy atom. The van der Waals surface area contributed by atoms with Crippen molar-refractivity contribution in [3.8, 4) is 0 Å². The first-order chi connectivity index (χ1) is 31.4. The van der Waals surface area contributed by atoms with Crippen LogP contribution in [0.2, 0.25) is 0 Å². The maximum absolute atomic E-state index is 12.7. The van der Waals surface area contributed by atoms with Gasteiger partial charge in [0, 0.05) is 19.6 Å². The van der Waals surface area contributed by atoms with Gasteiger partial charge >= 0.3 is 13.8 Å². The zero-order valence-corrected chi connectivity index (χ0v) is 42.4. The molecule has 0 spiro atoms. The van der Waals surface area contributed by atoms with Gasteiger partial charge in [0.25, 0.3) is 0 Å². The van der Waals surface area contributed by atoms with E-state index in [9.17, 15) is 14.3 Å². The lowest BCUT2D eigenvalue weighted by Gasteiger charge is -2.20. The maximum Gasteiger partial charge on any atom is 0.472 e. The highest BCUT2D eigenvalue weighted by atomic mass is 31.2. The second-order valence-electron chi connectivity index (χ2n) is 17.4. The topological polar surface area (TPSA) is 117 Å². The van der Waals surface area contributed by atoms with Crippen molar-refractivity contribution in [3.63, 3.8) is 0 Å². The Hall–Kier alpha value is -2.06. The molecule has 0 aromatic carbocycles. The summed E-state index contributed by atoms with van der Waals surface area (Å²) >= 11 is 0. The van der Waals surface area contributed by atoms with Gasteiger partial charge in [-0.25, -0.2) is 4.57 Å². The molecular formula is C55H100NO7P. The fourth-order valence-corrected chi connectivity index (χ4v) is 8.02. The van der Waals surface area contributed by atoms with E-state index < -0.39 is 13.9 Å². The smallest absolute Gasteiger partial charge is 0.457 e. The second-order valence-corrected chi connectivity index (χ2v) is 18.8. The van der Waals surface area contributed by atoms with Crippen molar-refractivity contribution in [2.24, 2.45) is 5.73 Å². The number of phosphoric acid groups is 1. The third-order valence-corrected chi connectivity index (χ3v) is 12.1. The van der Waals surface area contributed by atoms with Crippen LogP contribution in [0.3, 0.4) is 0 Å². The first-order valence-corrected chi connectivity index (χ1v) is 27.9. The summed E-state index contributed by atoms with van der Waals surface area (Å²) in [6, 6.07) is 0. The van der Waals surface area contributed by atoms with E-state index in [0.717, 1.165) is 83.5 Å². The van der Waals surface area contributed by atoms with E-state index in [0.29, 0.717) is 13.0 Å². The second kappa shape index (κ2) is 51.9. The molecule has 9 heteroatoms. The third kappa shape index (κ3) is 50.9. The summed E-state index contributed by atoms with van der Waals surface area (Å²) in [6.45, 7) is 4.76. The molecule has 0 aromatic heterocycles. The molecule has 0 radical (unpaired) electrons. The zero-order valence-electron chi connectivity index (χ0n) is 41.5. The number of phosphoric ester groups is 1. The molecule has 0 aliphatic rings. The van der Waals surface area contributed by atoms with Gasteiger partial charge in [-0.05, 0) is 83.5 Å². The van der Waals surface area contributed by atoms with Crippen molar-refractivity contribution in [2.45, 2.75) is 238 Å². The molecular weight excluding hydrogens is 818 g/mol. The van der Waals surface area contributed by atoms with Gasteiger partial charge in [0.15, 0.2) is 0 Å². The third-order valence-electron chi connectivity index (χ3n) is 11.1. The van der Waals surface area contributed by atoms with Crippen LogP contribution in [0, 0.1) is 0 Å². The molecule has 0 fully saturated rings. The Balaban J connectivity index is 3.96. The van der Waals surface area contributed by atoms with Gasteiger partial charge < -0.3 is 20.1 Å². The summed E-state index contributed by atoms with van der Waals surface area (Å²) in [5.41, 5.74) is 5.39. The molecule has 2 atom stereocenters. The van der Waals surface area contributed by atoms with Crippen molar-refractivity contribution >= 4 is 13.8 Å². The highest BCUT2D eigenvalue weighted by Crippen LogP contribution is 2.43. The van der Waals surface area contributed by atoms with E-state index in [-0.39, 0.29) is 32.3 Å². The molecule has 0 saturated heterocycles. The highest BCUT2D eigenvalue weighted by Gasteiger charge is 2.25. The normalized spacial score (nSPS) is 13.9. The van der Waals surface area contributed by atoms with Gasteiger partial charge in [-0.15, -0.1) is 0 Å². The van der Waals surface area contributed by atoms with E-state index >= 15 is 0 Å².